The van der Waals surface area contributed by atoms with Crippen LogP contribution < -0.4 is 15.4 Å². The number of aromatic nitrogens is 2. The van der Waals surface area contributed by atoms with Crippen LogP contribution in [0.4, 0.5) is 10.1 Å². The first-order valence-electron chi connectivity index (χ1n) is 13.4. The van der Waals surface area contributed by atoms with Gasteiger partial charge in [0.2, 0.25) is 12.0 Å². The highest BCUT2D eigenvalue weighted by Crippen LogP contribution is 2.35. The van der Waals surface area contributed by atoms with E-state index in [1.807, 2.05) is 49.4 Å². The fourth-order valence-electron chi connectivity index (χ4n) is 4.82. The third-order valence-corrected chi connectivity index (χ3v) is 6.84. The number of fused-ring (bicyclic) bond motifs is 2. The summed E-state index contributed by atoms with van der Waals surface area (Å²) in [7, 11) is 0. The molecule has 202 valence electrons. The number of aryl methyl sites for hydroxylation is 1. The summed E-state index contributed by atoms with van der Waals surface area (Å²) in [6.45, 7) is 1.77. The standard InChI is InChI=1S/C30H26FN5O4/c1-17-13-14-36-30(40-17)24(26(35-36)20-12-11-18(16-37)15-22(20)31)28(38)34-27-29(39)32-23-10-6-5-9-21(23)25(33-27)19-7-3-2-4-8-19/h2-12,15,17,27,37H,13-14,16H2,1H3,(H,32,39)(H,34,38)/t17-,27-/m1/s1/i15D. The van der Waals surface area contributed by atoms with Crippen LogP contribution in [0.15, 0.2) is 77.8 Å². The van der Waals surface area contributed by atoms with E-state index in [0.717, 1.165) is 5.56 Å². The van der Waals surface area contributed by atoms with E-state index in [0.29, 0.717) is 29.9 Å². The van der Waals surface area contributed by atoms with E-state index < -0.39 is 36.4 Å². The predicted octanol–water partition coefficient (Wildman–Crippen LogP) is 3.90. The first-order chi connectivity index (χ1) is 19.9. The largest absolute Gasteiger partial charge is 0.474 e. The number of carbonyl (C=O) groups excluding carboxylic acids is 2. The first-order valence-corrected chi connectivity index (χ1v) is 12.9. The zero-order valence-electron chi connectivity index (χ0n) is 22.5. The molecule has 2 atom stereocenters. The molecule has 0 aliphatic carbocycles. The summed E-state index contributed by atoms with van der Waals surface area (Å²) in [4.78, 5) is 31.9. The van der Waals surface area contributed by atoms with Gasteiger partial charge in [-0.05, 0) is 30.7 Å². The highest BCUT2D eigenvalue weighted by atomic mass is 19.1. The molecule has 0 saturated heterocycles. The van der Waals surface area contributed by atoms with E-state index in [9.17, 15) is 14.7 Å². The van der Waals surface area contributed by atoms with Gasteiger partial charge in [-0.1, -0.05) is 54.6 Å². The first kappa shape index (κ1) is 24.2. The highest BCUT2D eigenvalue weighted by molar-refractivity contribution is 6.20. The minimum Gasteiger partial charge on any atom is -0.474 e. The van der Waals surface area contributed by atoms with Crippen molar-refractivity contribution in [3.05, 3.63) is 101 Å². The van der Waals surface area contributed by atoms with Gasteiger partial charge in [-0.3, -0.25) is 9.59 Å². The second-order valence-electron chi connectivity index (χ2n) is 9.59. The van der Waals surface area contributed by atoms with Gasteiger partial charge in [0.15, 0.2) is 0 Å². The SMILES string of the molecule is [2H]c1c(CO)ccc(-c2nn3c(c2C(=O)N[C@H]2N=C(c4ccccc4)c4ccccc4NC2=O)O[C@H](C)CC3)c1F. The predicted molar refractivity (Wildman–Crippen MR) is 147 cm³/mol. The zero-order valence-corrected chi connectivity index (χ0v) is 21.5. The number of rotatable bonds is 5. The fraction of sp³-hybridized carbons (Fsp3) is 0.200. The van der Waals surface area contributed by atoms with E-state index >= 15 is 4.39 Å². The van der Waals surface area contributed by atoms with Gasteiger partial charge in [-0.2, -0.15) is 5.10 Å². The van der Waals surface area contributed by atoms with Crippen molar-refractivity contribution in [2.75, 3.05) is 5.32 Å². The van der Waals surface area contributed by atoms with Crippen LogP contribution in [0, 0.1) is 5.82 Å². The van der Waals surface area contributed by atoms with Crippen LogP contribution in [0.2, 0.25) is 0 Å². The van der Waals surface area contributed by atoms with Crippen molar-refractivity contribution in [3.8, 4) is 17.1 Å². The number of aliphatic hydroxyl groups excluding tert-OH is 1. The molecule has 2 aliphatic heterocycles. The molecule has 3 heterocycles. The maximum absolute atomic E-state index is 15.4. The van der Waals surface area contributed by atoms with Crippen LogP contribution in [0.3, 0.4) is 0 Å². The van der Waals surface area contributed by atoms with Crippen LogP contribution in [0.5, 0.6) is 5.88 Å². The van der Waals surface area contributed by atoms with Crippen molar-refractivity contribution < 1.29 is 25.2 Å². The van der Waals surface area contributed by atoms with Crippen molar-refractivity contribution in [3.63, 3.8) is 0 Å². The molecule has 0 bridgehead atoms. The number of aliphatic imine (C=N–C) groups is 1. The van der Waals surface area contributed by atoms with Crippen LogP contribution in [0.25, 0.3) is 11.3 Å². The number of aliphatic hydroxyl groups is 1. The van der Waals surface area contributed by atoms with E-state index in [-0.39, 0.29) is 34.4 Å². The number of nitrogens with zero attached hydrogens (tertiary/aromatic N) is 3. The molecule has 3 N–H and O–H groups in total. The van der Waals surface area contributed by atoms with Crippen molar-refractivity contribution >= 4 is 23.2 Å². The molecule has 0 saturated carbocycles. The number of hydrogen-bond acceptors (Lipinski definition) is 6. The summed E-state index contributed by atoms with van der Waals surface area (Å²) in [6.07, 6.45) is -0.938. The second kappa shape index (κ2) is 10.4. The zero-order chi connectivity index (χ0) is 28.7. The maximum atomic E-state index is 15.4. The van der Waals surface area contributed by atoms with Crippen LogP contribution >= 0.6 is 0 Å². The van der Waals surface area contributed by atoms with Gasteiger partial charge in [0.25, 0.3) is 11.8 Å². The molecule has 10 heteroatoms. The van der Waals surface area contributed by atoms with Crippen LogP contribution in [-0.2, 0) is 17.9 Å². The number of hydrogen-bond donors (Lipinski definition) is 3. The van der Waals surface area contributed by atoms with Crippen LogP contribution in [0.1, 0.15) is 41.8 Å². The quantitative estimate of drug-likeness (QED) is 0.355. The topological polar surface area (TPSA) is 118 Å². The molecule has 6 rings (SSSR count). The molecule has 3 aromatic carbocycles. The number of nitrogens with one attached hydrogen (secondary N) is 2. The van der Waals surface area contributed by atoms with Gasteiger partial charge in [0.05, 0.1) is 25.5 Å². The lowest BCUT2D eigenvalue weighted by atomic mass is 10.0. The number of anilines is 1. The van der Waals surface area contributed by atoms with Crippen LogP contribution in [-0.4, -0.2) is 44.7 Å². The Morgan fingerprint density at radius 1 is 1.18 bits per heavy atom. The van der Waals surface area contributed by atoms with Crippen molar-refractivity contribution in [1.82, 2.24) is 15.1 Å². The molecular weight excluding hydrogens is 513 g/mol. The Labute approximate surface area is 230 Å². The summed E-state index contributed by atoms with van der Waals surface area (Å²) in [5.41, 5.74) is 2.40. The molecule has 0 unspecified atom stereocenters. The highest BCUT2D eigenvalue weighted by Gasteiger charge is 2.34. The van der Waals surface area contributed by atoms with Gasteiger partial charge >= 0.3 is 0 Å². The summed E-state index contributed by atoms with van der Waals surface area (Å²) < 4.78 is 30.9. The lowest BCUT2D eigenvalue weighted by molar-refractivity contribution is -0.117. The number of benzodiazepines with no additional fused rings is 1. The number of benzene rings is 3. The Kier molecular flexibility index (Phi) is 6.29. The molecule has 0 radical (unpaired) electrons. The summed E-state index contributed by atoms with van der Waals surface area (Å²) in [6, 6.07) is 18.8. The Bertz CT molecular complexity index is 1700. The summed E-state index contributed by atoms with van der Waals surface area (Å²) in [5, 5.41) is 19.5. The van der Waals surface area contributed by atoms with E-state index in [4.69, 9.17) is 6.11 Å². The number of halogens is 1. The van der Waals surface area contributed by atoms with E-state index in [1.165, 1.54) is 16.8 Å². The fourth-order valence-corrected chi connectivity index (χ4v) is 4.82. The van der Waals surface area contributed by atoms with Crippen molar-refractivity contribution in [1.29, 1.82) is 0 Å². The Morgan fingerprint density at radius 2 is 1.95 bits per heavy atom. The smallest absolute Gasteiger partial charge is 0.269 e. The maximum Gasteiger partial charge on any atom is 0.269 e. The number of ether oxygens (including phenoxy) is 1. The minimum absolute atomic E-state index is 0.0355. The summed E-state index contributed by atoms with van der Waals surface area (Å²) in [5.74, 6) is -2.09. The van der Waals surface area contributed by atoms with Crippen molar-refractivity contribution in [2.24, 2.45) is 4.99 Å². The molecule has 9 nitrogen and oxygen atoms in total. The second-order valence-corrected chi connectivity index (χ2v) is 9.59. The Morgan fingerprint density at radius 3 is 2.75 bits per heavy atom. The number of para-hydroxylation sites is 1. The van der Waals surface area contributed by atoms with E-state index in [1.54, 1.807) is 12.1 Å². The van der Waals surface area contributed by atoms with Gasteiger partial charge < -0.3 is 20.5 Å². The number of carbonyl (C=O) groups is 2. The minimum atomic E-state index is -1.33. The number of amides is 2. The third kappa shape index (κ3) is 4.62. The molecule has 4 aromatic rings. The molecule has 0 spiro atoms. The Balaban J connectivity index is 1.44. The van der Waals surface area contributed by atoms with Crippen molar-refractivity contribution in [2.45, 2.75) is 38.8 Å². The van der Waals surface area contributed by atoms with Gasteiger partial charge in [-0.15, -0.1) is 0 Å². The Hall–Kier alpha value is -4.83. The average Bonchev–Trinajstić information content (AvgIpc) is 3.29. The lowest BCUT2D eigenvalue weighted by Gasteiger charge is -2.22. The van der Waals surface area contributed by atoms with E-state index in [2.05, 4.69) is 20.7 Å². The third-order valence-electron chi connectivity index (χ3n) is 6.84. The normalized spacial score (nSPS) is 18.3. The molecule has 2 aliphatic rings. The van der Waals surface area contributed by atoms with Gasteiger partial charge in [0.1, 0.15) is 17.1 Å². The molecule has 2 amide bonds. The molecule has 0 fully saturated rings. The molecular formula is C30H26FN5O4. The average molecular weight is 541 g/mol. The van der Waals surface area contributed by atoms with Gasteiger partial charge in [0, 0.05) is 29.7 Å². The summed E-state index contributed by atoms with van der Waals surface area (Å²) >= 11 is 0. The van der Waals surface area contributed by atoms with Gasteiger partial charge in [-0.25, -0.2) is 14.1 Å². The molecule has 1 aromatic heterocycles. The monoisotopic (exact) mass is 540 g/mol. The molecule has 40 heavy (non-hydrogen) atoms. The lowest BCUT2D eigenvalue weighted by Crippen LogP contribution is -2.42.